The summed E-state index contributed by atoms with van der Waals surface area (Å²) >= 11 is 7.40. The summed E-state index contributed by atoms with van der Waals surface area (Å²) in [6.07, 6.45) is 10.3. The highest BCUT2D eigenvalue weighted by Gasteiger charge is 2.46. The van der Waals surface area contributed by atoms with E-state index in [1.807, 2.05) is 0 Å². The van der Waals surface area contributed by atoms with Crippen molar-refractivity contribution in [2.75, 3.05) is 6.61 Å². The van der Waals surface area contributed by atoms with Gasteiger partial charge in [0.05, 0.1) is 21.2 Å². The third-order valence-corrected chi connectivity index (χ3v) is 9.04. The molecule has 7 heteroatoms. The zero-order valence-corrected chi connectivity index (χ0v) is 20.2. The number of halogens is 2. The van der Waals surface area contributed by atoms with Crippen LogP contribution in [0.5, 0.6) is 5.75 Å². The minimum atomic E-state index is -1.18. The van der Waals surface area contributed by atoms with Crippen LogP contribution in [0.25, 0.3) is 11.3 Å². The van der Waals surface area contributed by atoms with Crippen LogP contribution >= 0.6 is 31.9 Å². The van der Waals surface area contributed by atoms with Crippen molar-refractivity contribution in [1.82, 2.24) is 4.57 Å². The van der Waals surface area contributed by atoms with Crippen molar-refractivity contribution in [3.63, 3.8) is 0 Å². The van der Waals surface area contributed by atoms with Crippen LogP contribution in [0, 0.1) is 5.92 Å². The fourth-order valence-electron chi connectivity index (χ4n) is 5.18. The lowest BCUT2D eigenvalue weighted by Gasteiger charge is -2.49. The second kappa shape index (κ2) is 6.95. The number of nitrogens with zero attached hydrogens (tertiary/aromatic N) is 1. The number of fused-ring (bicyclic) bond motifs is 4. The van der Waals surface area contributed by atoms with E-state index in [2.05, 4.69) is 42.5 Å². The second-order valence-electron chi connectivity index (χ2n) is 9.63. The molecule has 1 N–H and O–H groups in total. The number of carbonyl (C=O) groups is 1. The van der Waals surface area contributed by atoms with Crippen LogP contribution in [0.4, 0.5) is 0 Å². The average Bonchev–Trinajstić information content (AvgIpc) is 3.60. The third kappa shape index (κ3) is 3.06. The summed E-state index contributed by atoms with van der Waals surface area (Å²) in [5.41, 5.74) is 3.41. The van der Waals surface area contributed by atoms with Crippen LogP contribution in [-0.2, 0) is 12.0 Å². The van der Waals surface area contributed by atoms with Gasteiger partial charge in [-0.25, -0.2) is 4.79 Å². The van der Waals surface area contributed by atoms with Crippen LogP contribution in [0.2, 0.25) is 0 Å². The van der Waals surface area contributed by atoms with E-state index in [0.717, 1.165) is 66.6 Å². The first-order valence-electron chi connectivity index (χ1n) is 11.1. The Labute approximate surface area is 197 Å². The van der Waals surface area contributed by atoms with Gasteiger partial charge >= 0.3 is 5.97 Å². The standard InChI is InChI=1S/C24H23Br2NO4/c25-18-16-9-24(6-1-7-24)27-10-17(23(29)30)21(28)19(26)20(27)15(16)8-14(13-4-5-13)22(18)31-11-12-2-3-12/h8,10,12-13H,1-7,9,11H2,(H,29,30). The lowest BCUT2D eigenvalue weighted by molar-refractivity contribution is 0.0691. The summed E-state index contributed by atoms with van der Waals surface area (Å²) in [4.78, 5) is 24.6. The van der Waals surface area contributed by atoms with Crippen LogP contribution in [0.15, 0.2) is 26.0 Å². The zero-order chi connectivity index (χ0) is 21.5. The Morgan fingerprint density at radius 1 is 1.19 bits per heavy atom. The molecule has 6 rings (SSSR count). The van der Waals surface area contributed by atoms with E-state index in [-0.39, 0.29) is 11.1 Å². The maximum absolute atomic E-state index is 12.9. The lowest BCUT2D eigenvalue weighted by atomic mass is 9.69. The first-order chi connectivity index (χ1) is 14.9. The van der Waals surface area contributed by atoms with Gasteiger partial charge in [-0.1, -0.05) is 0 Å². The van der Waals surface area contributed by atoms with E-state index in [0.29, 0.717) is 16.3 Å². The number of hydrogen-bond donors (Lipinski definition) is 1. The highest BCUT2D eigenvalue weighted by molar-refractivity contribution is 9.11. The summed E-state index contributed by atoms with van der Waals surface area (Å²) in [7, 11) is 0. The highest BCUT2D eigenvalue weighted by atomic mass is 79.9. The minimum absolute atomic E-state index is 0.170. The summed E-state index contributed by atoms with van der Waals surface area (Å²) in [5.74, 6) is 0.977. The smallest absolute Gasteiger partial charge is 0.341 e. The van der Waals surface area contributed by atoms with Crippen LogP contribution in [-0.4, -0.2) is 22.2 Å². The predicted octanol–water partition coefficient (Wildman–Crippen LogP) is 5.84. The molecule has 0 atom stereocenters. The largest absolute Gasteiger partial charge is 0.492 e. The molecule has 1 aromatic heterocycles. The van der Waals surface area contributed by atoms with E-state index >= 15 is 0 Å². The van der Waals surface area contributed by atoms with E-state index in [1.165, 1.54) is 24.0 Å². The molecule has 1 aromatic carbocycles. The van der Waals surface area contributed by atoms with Crippen molar-refractivity contribution in [2.45, 2.75) is 62.8 Å². The van der Waals surface area contributed by atoms with Gasteiger partial charge in [-0.3, -0.25) is 4.79 Å². The summed E-state index contributed by atoms with van der Waals surface area (Å²) in [6, 6.07) is 2.21. The summed E-state index contributed by atoms with van der Waals surface area (Å²) in [5, 5.41) is 9.60. The van der Waals surface area contributed by atoms with Gasteiger partial charge in [0.25, 0.3) is 0 Å². The molecular weight excluding hydrogens is 526 g/mol. The number of carboxylic acid groups (broad SMARTS) is 1. The van der Waals surface area contributed by atoms with Crippen LogP contribution < -0.4 is 10.2 Å². The molecule has 3 fully saturated rings. The normalized spacial score (nSPS) is 20.7. The number of aromatic carboxylic acids is 1. The topological polar surface area (TPSA) is 68.5 Å². The quantitative estimate of drug-likeness (QED) is 0.509. The van der Waals surface area contributed by atoms with Gasteiger partial charge in [0, 0.05) is 17.3 Å². The van der Waals surface area contributed by atoms with E-state index in [9.17, 15) is 14.7 Å². The van der Waals surface area contributed by atoms with Crippen molar-refractivity contribution < 1.29 is 14.6 Å². The molecule has 3 saturated carbocycles. The van der Waals surface area contributed by atoms with Gasteiger partial charge < -0.3 is 14.4 Å². The number of rotatable bonds is 5. The lowest BCUT2D eigenvalue weighted by Crippen LogP contribution is -2.46. The van der Waals surface area contributed by atoms with E-state index in [4.69, 9.17) is 4.74 Å². The van der Waals surface area contributed by atoms with Crippen LogP contribution in [0.3, 0.4) is 0 Å². The Morgan fingerprint density at radius 2 is 1.94 bits per heavy atom. The molecule has 5 nitrogen and oxygen atoms in total. The molecular formula is C24H23Br2NO4. The Balaban J connectivity index is 1.59. The summed E-state index contributed by atoms with van der Waals surface area (Å²) in [6.45, 7) is 0.768. The van der Waals surface area contributed by atoms with Crippen molar-refractivity contribution in [3.05, 3.63) is 48.1 Å². The number of aromatic nitrogens is 1. The molecule has 2 aromatic rings. The Bertz CT molecular complexity index is 1190. The number of hydrogen-bond acceptors (Lipinski definition) is 3. The van der Waals surface area contributed by atoms with E-state index < -0.39 is 11.4 Å². The molecule has 31 heavy (non-hydrogen) atoms. The molecule has 0 amide bonds. The van der Waals surface area contributed by atoms with Gasteiger partial charge in [0.15, 0.2) is 0 Å². The first-order valence-corrected chi connectivity index (χ1v) is 12.7. The van der Waals surface area contributed by atoms with Gasteiger partial charge in [0.2, 0.25) is 5.43 Å². The summed E-state index contributed by atoms with van der Waals surface area (Å²) < 4.78 is 9.82. The minimum Gasteiger partial charge on any atom is -0.492 e. The number of ether oxygens (including phenoxy) is 1. The van der Waals surface area contributed by atoms with Gasteiger partial charge in [-0.2, -0.15) is 0 Å². The Morgan fingerprint density at radius 3 is 2.52 bits per heavy atom. The average molecular weight is 549 g/mol. The number of pyridine rings is 1. The molecule has 0 saturated heterocycles. The van der Waals surface area contributed by atoms with Crippen molar-refractivity contribution >= 4 is 37.8 Å². The monoisotopic (exact) mass is 547 g/mol. The van der Waals surface area contributed by atoms with Crippen molar-refractivity contribution in [2.24, 2.45) is 5.92 Å². The predicted molar refractivity (Wildman–Crippen MR) is 124 cm³/mol. The number of benzene rings is 1. The molecule has 4 aliphatic rings. The SMILES string of the molecule is O=C(O)c1cn2c(c(Br)c1=O)-c1cc(C3CC3)c(OCC3CC3)c(Br)c1CC21CCC1. The van der Waals surface area contributed by atoms with Gasteiger partial charge in [-0.15, -0.1) is 0 Å². The Hall–Kier alpha value is -1.60. The van der Waals surface area contributed by atoms with Crippen molar-refractivity contribution in [3.8, 4) is 17.0 Å². The third-order valence-electron chi connectivity index (χ3n) is 7.47. The van der Waals surface area contributed by atoms with Crippen LogP contribution in [0.1, 0.15) is 72.3 Å². The maximum Gasteiger partial charge on any atom is 0.341 e. The molecule has 0 radical (unpaired) electrons. The second-order valence-corrected chi connectivity index (χ2v) is 11.2. The fraction of sp³-hybridized carbons (Fsp3) is 0.500. The maximum atomic E-state index is 12.9. The first kappa shape index (κ1) is 20.0. The highest BCUT2D eigenvalue weighted by Crippen LogP contribution is 2.56. The molecule has 0 bridgehead atoms. The van der Waals surface area contributed by atoms with Gasteiger partial charge in [-0.05, 0) is 112 Å². The fourth-order valence-corrected chi connectivity index (χ4v) is 6.49. The molecule has 162 valence electrons. The van der Waals surface area contributed by atoms with E-state index in [1.54, 1.807) is 6.20 Å². The molecule has 0 unspecified atom stereocenters. The molecule has 3 aliphatic carbocycles. The zero-order valence-electron chi connectivity index (χ0n) is 17.0. The van der Waals surface area contributed by atoms with Gasteiger partial charge in [0.1, 0.15) is 11.3 Å². The Kier molecular flexibility index (Phi) is 4.49. The number of carboxylic acids is 1. The van der Waals surface area contributed by atoms with Crippen molar-refractivity contribution in [1.29, 1.82) is 0 Å². The molecule has 2 heterocycles. The molecule has 1 aliphatic heterocycles. The molecule has 1 spiro atoms.